The number of Topliss-reactive ketones (excluding diaryl/α,β-unsaturated/α-hetero) is 1. The molecule has 0 saturated heterocycles. The van der Waals surface area contributed by atoms with Gasteiger partial charge in [-0.25, -0.2) is 0 Å². The molecule has 2 heterocycles. The lowest BCUT2D eigenvalue weighted by Gasteiger charge is -2.35. The van der Waals surface area contributed by atoms with Gasteiger partial charge in [0.2, 0.25) is 5.78 Å². The van der Waals surface area contributed by atoms with Gasteiger partial charge in [0.05, 0.1) is 17.8 Å². The molecule has 10 heteroatoms. The third-order valence-electron chi connectivity index (χ3n) is 5.89. The fraction of sp³-hybridized carbons (Fsp3) is 0.240. The molecule has 4 atom stereocenters. The standard InChI is InChI=1S/C25H22O10/c1-32-17-6-11(2-4-14(17)28)24-20(10-26)33-16-5-3-12(7-18(16)34-24)25-23(31)22(30)21-15(29)8-13(27)9-19(21)35-25/h2-9,20,23-29,31H,10H2,1H3/t20-,23+,24-,25-/m1/s1/i1D3. The number of carbonyl (C=O) groups excluding carboxylic acids is 1. The molecule has 0 aliphatic carbocycles. The molecule has 5 N–H and O–H groups in total. The first-order valence-corrected chi connectivity index (χ1v) is 10.5. The number of ether oxygens (including phenoxy) is 4. The summed E-state index contributed by atoms with van der Waals surface area (Å²) < 4.78 is 44.4. The molecule has 0 saturated carbocycles. The molecule has 35 heavy (non-hydrogen) atoms. The molecule has 2 aliphatic rings. The Morgan fingerprint density at radius 1 is 0.886 bits per heavy atom. The third-order valence-corrected chi connectivity index (χ3v) is 5.89. The molecule has 3 aromatic carbocycles. The van der Waals surface area contributed by atoms with E-state index in [0.29, 0.717) is 11.1 Å². The van der Waals surface area contributed by atoms with Crippen molar-refractivity contribution in [2.75, 3.05) is 13.6 Å². The number of aliphatic hydroxyl groups is 2. The summed E-state index contributed by atoms with van der Waals surface area (Å²) in [5.41, 5.74) is 0.388. The zero-order valence-corrected chi connectivity index (χ0v) is 17.9. The van der Waals surface area contributed by atoms with E-state index in [4.69, 9.17) is 23.1 Å². The predicted molar refractivity (Wildman–Crippen MR) is 119 cm³/mol. The summed E-state index contributed by atoms with van der Waals surface area (Å²) in [4.78, 5) is 12.8. The van der Waals surface area contributed by atoms with Crippen molar-refractivity contribution in [3.8, 4) is 40.2 Å². The molecular weight excluding hydrogens is 460 g/mol. The topological polar surface area (TPSA) is 155 Å². The summed E-state index contributed by atoms with van der Waals surface area (Å²) >= 11 is 0. The number of carbonyl (C=O) groups is 1. The van der Waals surface area contributed by atoms with Crippen molar-refractivity contribution in [1.29, 1.82) is 0 Å². The number of aromatic hydroxyl groups is 3. The molecule has 0 unspecified atom stereocenters. The Hall–Kier alpha value is -4.15. The monoisotopic (exact) mass is 485 g/mol. The van der Waals surface area contributed by atoms with Crippen molar-refractivity contribution in [3.63, 3.8) is 0 Å². The second-order valence-electron chi connectivity index (χ2n) is 8.10. The minimum atomic E-state index is -2.82. The lowest BCUT2D eigenvalue weighted by atomic mass is 9.92. The van der Waals surface area contributed by atoms with E-state index in [1.54, 1.807) is 0 Å². The number of rotatable bonds is 4. The minimum Gasteiger partial charge on any atom is -0.508 e. The van der Waals surface area contributed by atoms with E-state index in [9.17, 15) is 30.3 Å². The van der Waals surface area contributed by atoms with Crippen molar-refractivity contribution in [1.82, 2.24) is 0 Å². The maximum absolute atomic E-state index is 12.8. The van der Waals surface area contributed by atoms with Crippen LogP contribution in [0.1, 0.15) is 37.8 Å². The third kappa shape index (κ3) is 3.82. The Labute approximate surface area is 203 Å². The van der Waals surface area contributed by atoms with Gasteiger partial charge in [0, 0.05) is 17.7 Å². The van der Waals surface area contributed by atoms with Gasteiger partial charge in [0.1, 0.15) is 22.8 Å². The molecule has 0 spiro atoms. The second kappa shape index (κ2) is 8.57. The molecule has 0 fully saturated rings. The number of fused-ring (bicyclic) bond motifs is 2. The van der Waals surface area contributed by atoms with Crippen LogP contribution in [-0.2, 0) is 0 Å². The number of methoxy groups -OCH3 is 1. The van der Waals surface area contributed by atoms with Crippen molar-refractivity contribution >= 4 is 5.78 Å². The van der Waals surface area contributed by atoms with E-state index in [2.05, 4.69) is 0 Å². The number of phenolic OH excluding ortho intramolecular Hbond substituents is 3. The molecule has 3 aromatic rings. The van der Waals surface area contributed by atoms with Crippen LogP contribution in [0.4, 0.5) is 0 Å². The first-order chi connectivity index (χ1) is 17.9. The molecule has 10 nitrogen and oxygen atoms in total. The van der Waals surface area contributed by atoms with Crippen LogP contribution >= 0.6 is 0 Å². The van der Waals surface area contributed by atoms with Crippen LogP contribution in [0.25, 0.3) is 0 Å². The molecular formula is C25H22O10. The fourth-order valence-electron chi connectivity index (χ4n) is 4.20. The smallest absolute Gasteiger partial charge is 0.202 e. The highest BCUT2D eigenvalue weighted by molar-refractivity contribution is 6.05. The molecule has 2 aliphatic heterocycles. The number of benzene rings is 3. The van der Waals surface area contributed by atoms with Crippen LogP contribution < -0.4 is 18.9 Å². The molecule has 5 rings (SSSR count). The van der Waals surface area contributed by atoms with E-state index < -0.39 is 55.3 Å². The summed E-state index contributed by atoms with van der Waals surface area (Å²) in [6.45, 7) is -0.467. The van der Waals surface area contributed by atoms with E-state index >= 15 is 0 Å². The maximum Gasteiger partial charge on any atom is 0.202 e. The van der Waals surface area contributed by atoms with E-state index in [1.165, 1.54) is 36.4 Å². The van der Waals surface area contributed by atoms with Crippen molar-refractivity contribution < 1.29 is 53.4 Å². The fourth-order valence-corrected chi connectivity index (χ4v) is 4.20. The van der Waals surface area contributed by atoms with Gasteiger partial charge in [-0.2, -0.15) is 0 Å². The summed E-state index contributed by atoms with van der Waals surface area (Å²) in [5.74, 6) is -2.08. The zero-order chi connectivity index (χ0) is 27.4. The molecule has 0 bridgehead atoms. The Morgan fingerprint density at radius 3 is 2.40 bits per heavy atom. The van der Waals surface area contributed by atoms with E-state index in [-0.39, 0.29) is 34.3 Å². The summed E-state index contributed by atoms with van der Waals surface area (Å²) in [7, 11) is -2.82. The predicted octanol–water partition coefficient (Wildman–Crippen LogP) is 2.36. The van der Waals surface area contributed by atoms with Crippen LogP contribution in [-0.4, -0.2) is 57.2 Å². The van der Waals surface area contributed by atoms with Gasteiger partial charge in [-0.15, -0.1) is 0 Å². The van der Waals surface area contributed by atoms with Crippen molar-refractivity contribution in [3.05, 3.63) is 65.2 Å². The first-order valence-electron chi connectivity index (χ1n) is 12.0. The number of hydrogen-bond donors (Lipinski definition) is 5. The maximum atomic E-state index is 12.8. The van der Waals surface area contributed by atoms with E-state index in [0.717, 1.165) is 12.1 Å². The number of ketones is 1. The highest BCUT2D eigenvalue weighted by atomic mass is 16.6. The second-order valence-corrected chi connectivity index (χ2v) is 8.10. The average molecular weight is 485 g/mol. The van der Waals surface area contributed by atoms with Crippen LogP contribution in [0.15, 0.2) is 48.5 Å². The minimum absolute atomic E-state index is 0.109. The number of aliphatic hydroxyl groups excluding tert-OH is 2. The van der Waals surface area contributed by atoms with E-state index in [1.807, 2.05) is 0 Å². The summed E-state index contributed by atoms with van der Waals surface area (Å²) in [6.07, 6.45) is -4.77. The van der Waals surface area contributed by atoms with Gasteiger partial charge in [0.25, 0.3) is 0 Å². The van der Waals surface area contributed by atoms with Gasteiger partial charge in [-0.1, -0.05) is 12.1 Å². The zero-order valence-electron chi connectivity index (χ0n) is 20.9. The van der Waals surface area contributed by atoms with Crippen LogP contribution in [0.5, 0.6) is 40.2 Å². The van der Waals surface area contributed by atoms with Crippen LogP contribution in [0, 0.1) is 0 Å². The summed E-state index contributed by atoms with van der Waals surface area (Å²) in [6, 6.07) is 10.5. The lowest BCUT2D eigenvalue weighted by molar-refractivity contribution is -0.0130. The Morgan fingerprint density at radius 2 is 1.63 bits per heavy atom. The van der Waals surface area contributed by atoms with Crippen molar-refractivity contribution in [2.45, 2.75) is 24.4 Å². The largest absolute Gasteiger partial charge is 0.508 e. The Kier molecular flexibility index (Phi) is 4.70. The first kappa shape index (κ1) is 19.2. The Bertz CT molecular complexity index is 1410. The van der Waals surface area contributed by atoms with Crippen LogP contribution in [0.3, 0.4) is 0 Å². The average Bonchev–Trinajstić information content (AvgIpc) is 2.85. The molecule has 182 valence electrons. The summed E-state index contributed by atoms with van der Waals surface area (Å²) in [5, 5.41) is 50.4. The number of phenols is 3. The van der Waals surface area contributed by atoms with Gasteiger partial charge >= 0.3 is 0 Å². The van der Waals surface area contributed by atoms with Crippen LogP contribution in [0.2, 0.25) is 0 Å². The lowest BCUT2D eigenvalue weighted by Crippen LogP contribution is -2.37. The van der Waals surface area contributed by atoms with Gasteiger partial charge < -0.3 is 44.5 Å². The highest BCUT2D eigenvalue weighted by Gasteiger charge is 2.40. The molecule has 0 radical (unpaired) electrons. The number of hydrogen-bond acceptors (Lipinski definition) is 10. The van der Waals surface area contributed by atoms with Gasteiger partial charge in [0.15, 0.2) is 47.4 Å². The normalized spacial score (nSPS) is 24.4. The SMILES string of the molecule is [2H]C([2H])([2H])Oc1cc([C@H]2Oc3cc([C@H]4Oc5cc(O)cc(O)c5C(=O)[C@@H]4O)ccc3O[C@@H]2CO)ccc1O. The molecule has 0 aromatic heterocycles. The van der Waals surface area contributed by atoms with Gasteiger partial charge in [-0.05, 0) is 29.8 Å². The Balaban J connectivity index is 1.48. The molecule has 0 amide bonds. The highest BCUT2D eigenvalue weighted by Crippen LogP contribution is 2.45. The quantitative estimate of drug-likeness (QED) is 0.372. The van der Waals surface area contributed by atoms with Gasteiger partial charge in [-0.3, -0.25) is 4.79 Å². The van der Waals surface area contributed by atoms with Crippen molar-refractivity contribution in [2.24, 2.45) is 0 Å².